The summed E-state index contributed by atoms with van der Waals surface area (Å²) in [6, 6.07) is 10.1. The van der Waals surface area contributed by atoms with Crippen molar-refractivity contribution in [3.05, 3.63) is 62.6 Å². The first kappa shape index (κ1) is 18.5. The fourth-order valence-electron chi connectivity index (χ4n) is 1.89. The number of hydrogen-bond donors (Lipinski definition) is 2. The summed E-state index contributed by atoms with van der Waals surface area (Å²) in [5, 5.41) is 14.1. The molecule has 2 rings (SSSR count). The van der Waals surface area contributed by atoms with E-state index in [9.17, 15) is 18.5 Å². The van der Waals surface area contributed by atoms with Crippen LogP contribution < -0.4 is 10.0 Å². The summed E-state index contributed by atoms with van der Waals surface area (Å²) in [5.74, 6) is 0. The summed E-state index contributed by atoms with van der Waals surface area (Å²) in [5.41, 5.74) is 0.237. The van der Waals surface area contributed by atoms with Gasteiger partial charge in [0.25, 0.3) is 5.69 Å². The minimum atomic E-state index is -3.75. The molecule has 0 amide bonds. The summed E-state index contributed by atoms with van der Waals surface area (Å²) in [6.07, 6.45) is 0. The lowest BCUT2D eigenvalue weighted by atomic mass is 10.2. The molecule has 0 fully saturated rings. The molecule has 0 saturated carbocycles. The van der Waals surface area contributed by atoms with E-state index in [4.69, 9.17) is 23.2 Å². The number of halogens is 2. The molecule has 0 atom stereocenters. The van der Waals surface area contributed by atoms with Crippen molar-refractivity contribution in [2.75, 3.05) is 18.4 Å². The van der Waals surface area contributed by atoms with Gasteiger partial charge in [-0.25, -0.2) is 13.1 Å². The lowest BCUT2D eigenvalue weighted by molar-refractivity contribution is -0.384. The van der Waals surface area contributed by atoms with Gasteiger partial charge in [0, 0.05) is 19.2 Å². The Hall–Kier alpha value is -1.87. The lowest BCUT2D eigenvalue weighted by Crippen LogP contribution is -2.29. The molecule has 0 aliphatic rings. The van der Waals surface area contributed by atoms with Crippen LogP contribution in [0.2, 0.25) is 10.0 Å². The van der Waals surface area contributed by atoms with Gasteiger partial charge in [0.05, 0.1) is 19.9 Å². The Morgan fingerprint density at radius 1 is 1.04 bits per heavy atom. The molecule has 0 aromatic heterocycles. The molecule has 7 nitrogen and oxygen atoms in total. The van der Waals surface area contributed by atoms with Gasteiger partial charge in [-0.2, -0.15) is 0 Å². The third kappa shape index (κ3) is 4.57. The SMILES string of the molecule is O=[N+]([O-])c1ccccc1NCCNS(=O)(=O)c1ccc(Cl)c(Cl)c1. The molecule has 2 aromatic rings. The first-order valence-electron chi connectivity index (χ1n) is 6.73. The number of benzene rings is 2. The van der Waals surface area contributed by atoms with E-state index in [1.807, 2.05) is 0 Å². The highest BCUT2D eigenvalue weighted by Gasteiger charge is 2.15. The molecular weight excluding hydrogens is 377 g/mol. The van der Waals surface area contributed by atoms with Crippen molar-refractivity contribution in [3.63, 3.8) is 0 Å². The number of nitro groups is 1. The number of nitrogens with one attached hydrogen (secondary N) is 2. The van der Waals surface area contributed by atoms with E-state index in [2.05, 4.69) is 10.0 Å². The van der Waals surface area contributed by atoms with Crippen molar-refractivity contribution in [1.29, 1.82) is 0 Å². The van der Waals surface area contributed by atoms with Crippen LogP contribution in [0.5, 0.6) is 0 Å². The van der Waals surface area contributed by atoms with Crippen LogP contribution in [0.4, 0.5) is 11.4 Å². The first-order valence-corrected chi connectivity index (χ1v) is 8.97. The van der Waals surface area contributed by atoms with E-state index in [1.54, 1.807) is 18.2 Å². The van der Waals surface area contributed by atoms with Gasteiger partial charge >= 0.3 is 0 Å². The number of nitrogens with zero attached hydrogens (tertiary/aromatic N) is 1. The van der Waals surface area contributed by atoms with Crippen LogP contribution in [0.1, 0.15) is 0 Å². The van der Waals surface area contributed by atoms with Gasteiger partial charge in [0.15, 0.2) is 0 Å². The highest BCUT2D eigenvalue weighted by molar-refractivity contribution is 7.89. The van der Waals surface area contributed by atoms with Crippen LogP contribution in [0, 0.1) is 10.1 Å². The third-order valence-corrected chi connectivity index (χ3v) is 5.23. The fraction of sp³-hybridized carbons (Fsp3) is 0.143. The zero-order valence-electron chi connectivity index (χ0n) is 12.2. The monoisotopic (exact) mass is 389 g/mol. The van der Waals surface area contributed by atoms with Gasteiger partial charge in [0.2, 0.25) is 10.0 Å². The molecule has 10 heteroatoms. The number of rotatable bonds is 7. The van der Waals surface area contributed by atoms with Crippen LogP contribution in [0.3, 0.4) is 0 Å². The first-order chi connectivity index (χ1) is 11.3. The van der Waals surface area contributed by atoms with Gasteiger partial charge in [-0.15, -0.1) is 0 Å². The van der Waals surface area contributed by atoms with Gasteiger partial charge in [-0.3, -0.25) is 10.1 Å². The van der Waals surface area contributed by atoms with Gasteiger partial charge < -0.3 is 5.32 Å². The number of anilines is 1. The smallest absolute Gasteiger partial charge is 0.292 e. The zero-order valence-corrected chi connectivity index (χ0v) is 14.5. The molecule has 0 spiro atoms. The maximum Gasteiger partial charge on any atom is 0.292 e. The van der Waals surface area contributed by atoms with Crippen molar-refractivity contribution < 1.29 is 13.3 Å². The second kappa shape index (κ2) is 7.80. The topological polar surface area (TPSA) is 101 Å². The van der Waals surface area contributed by atoms with Crippen LogP contribution in [-0.2, 0) is 10.0 Å². The Balaban J connectivity index is 1.96. The zero-order chi connectivity index (χ0) is 17.7. The molecule has 24 heavy (non-hydrogen) atoms. The Labute approximate surface area is 148 Å². The molecule has 2 aromatic carbocycles. The largest absolute Gasteiger partial charge is 0.378 e. The van der Waals surface area contributed by atoms with E-state index in [-0.39, 0.29) is 33.7 Å². The maximum atomic E-state index is 12.1. The van der Waals surface area contributed by atoms with Gasteiger partial charge in [-0.05, 0) is 24.3 Å². The summed E-state index contributed by atoms with van der Waals surface area (Å²) < 4.78 is 26.6. The molecule has 2 N–H and O–H groups in total. The van der Waals surface area contributed by atoms with Crippen molar-refractivity contribution in [2.24, 2.45) is 0 Å². The summed E-state index contributed by atoms with van der Waals surface area (Å²) in [4.78, 5) is 10.4. The van der Waals surface area contributed by atoms with Crippen molar-refractivity contribution in [1.82, 2.24) is 4.72 Å². The Bertz CT molecular complexity index is 859. The summed E-state index contributed by atoms with van der Waals surface area (Å²) in [7, 11) is -3.75. The number of nitro benzene ring substituents is 1. The minimum absolute atomic E-state index is 0.0115. The molecule has 0 aliphatic heterocycles. The number of sulfonamides is 1. The molecule has 0 bridgehead atoms. The number of hydrogen-bond acceptors (Lipinski definition) is 5. The Kier molecular flexibility index (Phi) is 6.00. The molecule has 0 aliphatic carbocycles. The van der Waals surface area contributed by atoms with Crippen molar-refractivity contribution >= 4 is 44.6 Å². The summed E-state index contributed by atoms with van der Waals surface area (Å²) >= 11 is 11.6. The molecular formula is C14H13Cl2N3O4S. The predicted octanol–water partition coefficient (Wildman–Crippen LogP) is 3.29. The van der Waals surface area contributed by atoms with E-state index in [0.29, 0.717) is 5.69 Å². The molecule has 0 heterocycles. The highest BCUT2D eigenvalue weighted by Crippen LogP contribution is 2.25. The maximum absolute atomic E-state index is 12.1. The quantitative estimate of drug-likeness (QED) is 0.429. The average molecular weight is 390 g/mol. The van der Waals surface area contributed by atoms with Crippen molar-refractivity contribution in [3.8, 4) is 0 Å². The second-order valence-electron chi connectivity index (χ2n) is 4.67. The third-order valence-electron chi connectivity index (χ3n) is 3.03. The highest BCUT2D eigenvalue weighted by atomic mass is 35.5. The van der Waals surface area contributed by atoms with Crippen LogP contribution in [-0.4, -0.2) is 26.4 Å². The normalized spacial score (nSPS) is 11.2. The van der Waals surface area contributed by atoms with E-state index in [0.717, 1.165) is 0 Å². The van der Waals surface area contributed by atoms with E-state index >= 15 is 0 Å². The minimum Gasteiger partial charge on any atom is -0.378 e. The van der Waals surface area contributed by atoms with Gasteiger partial charge in [-0.1, -0.05) is 35.3 Å². The predicted molar refractivity (Wildman–Crippen MR) is 93.2 cm³/mol. The standard InChI is InChI=1S/C14H13Cl2N3O4S/c15-11-6-5-10(9-12(11)16)24(22,23)18-8-7-17-13-3-1-2-4-14(13)19(20)21/h1-6,9,17-18H,7-8H2. The average Bonchev–Trinajstić information content (AvgIpc) is 2.54. The Morgan fingerprint density at radius 2 is 1.75 bits per heavy atom. The second-order valence-corrected chi connectivity index (χ2v) is 7.26. The molecule has 128 valence electrons. The Morgan fingerprint density at radius 3 is 2.42 bits per heavy atom. The summed E-state index contributed by atoms with van der Waals surface area (Å²) in [6.45, 7) is 0.208. The number of para-hydroxylation sites is 2. The van der Waals surface area contributed by atoms with Gasteiger partial charge in [0.1, 0.15) is 5.69 Å². The lowest BCUT2D eigenvalue weighted by Gasteiger charge is -2.09. The van der Waals surface area contributed by atoms with Crippen LogP contribution >= 0.6 is 23.2 Å². The van der Waals surface area contributed by atoms with Crippen molar-refractivity contribution in [2.45, 2.75) is 4.90 Å². The molecule has 0 saturated heterocycles. The van der Waals surface area contributed by atoms with Crippen LogP contribution in [0.15, 0.2) is 47.4 Å². The molecule has 0 radical (unpaired) electrons. The van der Waals surface area contributed by atoms with Crippen LogP contribution in [0.25, 0.3) is 0 Å². The fourth-order valence-corrected chi connectivity index (χ4v) is 3.31. The van der Waals surface area contributed by atoms with E-state index < -0.39 is 14.9 Å². The molecule has 0 unspecified atom stereocenters. The van der Waals surface area contributed by atoms with E-state index in [1.165, 1.54) is 24.3 Å².